The van der Waals surface area contributed by atoms with E-state index in [4.69, 9.17) is 4.74 Å². The van der Waals surface area contributed by atoms with E-state index in [2.05, 4.69) is 66.5 Å². The molecule has 3 aliphatic carbocycles. The molecule has 0 N–H and O–H groups in total. The molecule has 0 aromatic heterocycles. The van der Waals surface area contributed by atoms with Crippen molar-refractivity contribution in [3.8, 4) is 0 Å². The number of hydrogen-bond acceptors (Lipinski definition) is 2. The van der Waals surface area contributed by atoms with Crippen molar-refractivity contribution in [3.05, 3.63) is 99.0 Å². The van der Waals surface area contributed by atoms with E-state index >= 15 is 0 Å². The molecule has 1 heterocycles. The van der Waals surface area contributed by atoms with E-state index in [0.29, 0.717) is 6.42 Å². The molecule has 10 radical (unpaired) electrons. The Morgan fingerprint density at radius 2 is 1.20 bits per heavy atom. The topological polar surface area (TPSA) is 26.3 Å². The molecule has 2 fully saturated rings. The number of rotatable bonds is 1. The maximum absolute atomic E-state index is 13.0. The van der Waals surface area contributed by atoms with Gasteiger partial charge in [-0.05, 0) is 82.4 Å². The minimum absolute atomic E-state index is 0. The van der Waals surface area contributed by atoms with Gasteiger partial charge in [0, 0.05) is 16.7 Å². The van der Waals surface area contributed by atoms with Gasteiger partial charge < -0.3 is 4.74 Å². The first kappa shape index (κ1) is 25.5. The normalized spacial score (nSPS) is 23.8. The first-order chi connectivity index (χ1) is 13.5. The van der Waals surface area contributed by atoms with Crippen LogP contribution in [0.15, 0.2) is 35.3 Å². The number of carbonyl (C=O) groups is 1. The van der Waals surface area contributed by atoms with Crippen LogP contribution in [0.4, 0.5) is 0 Å². The fraction of sp³-hybridized carbons (Fsp3) is 0.370. The molecule has 3 heteroatoms. The van der Waals surface area contributed by atoms with Crippen LogP contribution in [0.3, 0.4) is 0 Å². The quantitative estimate of drug-likeness (QED) is 0.451. The van der Waals surface area contributed by atoms with Gasteiger partial charge in [-0.2, -0.15) is 0 Å². The second kappa shape index (κ2) is 9.78. The summed E-state index contributed by atoms with van der Waals surface area (Å²) in [6.07, 6.45) is 24.8. The molecule has 0 atom stereocenters. The molecule has 30 heavy (non-hydrogen) atoms. The van der Waals surface area contributed by atoms with E-state index in [0.717, 1.165) is 23.0 Å². The van der Waals surface area contributed by atoms with E-state index in [1.54, 1.807) is 0 Å². The average molecular weight is 444 g/mol. The summed E-state index contributed by atoms with van der Waals surface area (Å²) in [6, 6.07) is 0. The third-order valence-corrected chi connectivity index (χ3v) is 5.31. The second-order valence-electron chi connectivity index (χ2n) is 10.0. The van der Waals surface area contributed by atoms with Gasteiger partial charge in [-0.25, -0.2) is 0 Å². The van der Waals surface area contributed by atoms with Crippen molar-refractivity contribution in [1.82, 2.24) is 0 Å². The van der Waals surface area contributed by atoms with Crippen molar-refractivity contribution in [2.75, 3.05) is 0 Å². The van der Waals surface area contributed by atoms with Gasteiger partial charge in [0.2, 0.25) is 0 Å². The van der Waals surface area contributed by atoms with Crippen molar-refractivity contribution in [2.24, 2.45) is 16.2 Å². The van der Waals surface area contributed by atoms with Gasteiger partial charge in [-0.15, -0.1) is 0 Å². The molecule has 0 aromatic rings. The average Bonchev–Trinajstić information content (AvgIpc) is 3.37. The van der Waals surface area contributed by atoms with Crippen molar-refractivity contribution >= 4 is 5.78 Å². The summed E-state index contributed by atoms with van der Waals surface area (Å²) in [7, 11) is 0. The number of ketones is 1. The Kier molecular flexibility index (Phi) is 8.30. The van der Waals surface area contributed by atoms with Crippen molar-refractivity contribution < 1.29 is 26.6 Å². The van der Waals surface area contributed by atoms with Crippen LogP contribution < -0.4 is 0 Å². The maximum Gasteiger partial charge on any atom is 2.00 e. The summed E-state index contributed by atoms with van der Waals surface area (Å²) < 4.78 is 6.22. The van der Waals surface area contributed by atoms with Gasteiger partial charge in [0.05, 0.1) is 5.41 Å². The summed E-state index contributed by atoms with van der Waals surface area (Å²) in [5.74, 6) is 3.08. The van der Waals surface area contributed by atoms with Crippen LogP contribution in [0.2, 0.25) is 0 Å². The number of allylic oxidation sites excluding steroid dienone is 6. The van der Waals surface area contributed by atoms with Gasteiger partial charge >= 0.3 is 17.1 Å². The van der Waals surface area contributed by atoms with E-state index < -0.39 is 5.41 Å². The molecule has 4 aliphatic rings. The van der Waals surface area contributed by atoms with Crippen LogP contribution in [0.1, 0.15) is 48.0 Å². The van der Waals surface area contributed by atoms with Gasteiger partial charge in [-0.3, -0.25) is 4.79 Å². The molecule has 158 valence electrons. The molecule has 0 bridgehead atoms. The Labute approximate surface area is 195 Å². The zero-order valence-corrected chi connectivity index (χ0v) is 19.9. The van der Waals surface area contributed by atoms with Crippen LogP contribution in [0.5, 0.6) is 0 Å². The zero-order valence-electron chi connectivity index (χ0n) is 18.8. The number of ether oxygens (including phenoxy) is 1. The Morgan fingerprint density at radius 3 is 1.60 bits per heavy atom. The first-order valence-electron chi connectivity index (χ1n) is 10.3. The molecule has 2 saturated carbocycles. The molecule has 0 saturated heterocycles. The molecule has 0 unspecified atom stereocenters. The van der Waals surface area contributed by atoms with E-state index in [9.17, 15) is 4.79 Å². The SMILES string of the molecule is CC(C)(C)C1=CC2(C=C(C(C)(C)C)O1)CC([C]1[CH][CH][CH][CH]1)=CC2=O.[CH]1[CH][CH][CH][CH]1.[Fe+2]. The van der Waals surface area contributed by atoms with Gasteiger partial charge in [-0.1, -0.05) is 47.1 Å². The monoisotopic (exact) mass is 444 g/mol. The first-order valence-corrected chi connectivity index (χ1v) is 10.3. The Morgan fingerprint density at radius 1 is 0.767 bits per heavy atom. The Hall–Kier alpha value is -0.791. The van der Waals surface area contributed by atoms with Crippen LogP contribution in [0.25, 0.3) is 0 Å². The van der Waals surface area contributed by atoms with Gasteiger partial charge in [0.25, 0.3) is 0 Å². The third-order valence-electron chi connectivity index (χ3n) is 5.31. The number of carbonyl (C=O) groups excluding carboxylic acids is 1. The maximum atomic E-state index is 13.0. The van der Waals surface area contributed by atoms with Crippen molar-refractivity contribution in [3.63, 3.8) is 0 Å². The Balaban J connectivity index is 0.000000468. The smallest absolute Gasteiger partial charge is 0.466 e. The molecular formula is C27H32FeO2+2. The third kappa shape index (κ3) is 5.92. The van der Waals surface area contributed by atoms with E-state index in [-0.39, 0.29) is 33.7 Å². The van der Waals surface area contributed by atoms with Crippen LogP contribution in [0, 0.1) is 80.0 Å². The minimum Gasteiger partial charge on any atom is -0.466 e. The van der Waals surface area contributed by atoms with E-state index in [1.807, 2.05) is 51.0 Å². The molecular weight excluding hydrogens is 412 g/mol. The zero-order chi connectivity index (χ0) is 21.3. The fourth-order valence-corrected chi connectivity index (χ4v) is 3.51. The van der Waals surface area contributed by atoms with Crippen LogP contribution in [-0.2, 0) is 26.6 Å². The molecule has 2 nitrogen and oxygen atoms in total. The van der Waals surface area contributed by atoms with Crippen molar-refractivity contribution in [1.29, 1.82) is 0 Å². The molecule has 4 rings (SSSR count). The summed E-state index contributed by atoms with van der Waals surface area (Å²) in [6.45, 7) is 12.8. The summed E-state index contributed by atoms with van der Waals surface area (Å²) in [5, 5.41) is 0. The number of hydrogen-bond donors (Lipinski definition) is 0. The summed E-state index contributed by atoms with van der Waals surface area (Å²) >= 11 is 0. The predicted molar refractivity (Wildman–Crippen MR) is 118 cm³/mol. The molecule has 1 spiro atoms. The predicted octanol–water partition coefficient (Wildman–Crippen LogP) is 6.19. The Bertz CT molecular complexity index is 665. The van der Waals surface area contributed by atoms with Gasteiger partial charge in [0.15, 0.2) is 5.78 Å². The van der Waals surface area contributed by atoms with Gasteiger partial charge in [0.1, 0.15) is 11.5 Å². The summed E-state index contributed by atoms with van der Waals surface area (Å²) in [4.78, 5) is 13.0. The molecule has 0 amide bonds. The van der Waals surface area contributed by atoms with E-state index in [1.165, 1.54) is 0 Å². The second-order valence-corrected chi connectivity index (χ2v) is 10.0. The van der Waals surface area contributed by atoms with Crippen LogP contribution >= 0.6 is 0 Å². The molecule has 0 aromatic carbocycles. The largest absolute Gasteiger partial charge is 2.00 e. The van der Waals surface area contributed by atoms with Crippen molar-refractivity contribution in [2.45, 2.75) is 48.0 Å². The fourth-order valence-electron chi connectivity index (χ4n) is 3.51. The summed E-state index contributed by atoms with van der Waals surface area (Å²) in [5.41, 5.74) is 0.235. The standard InChI is InChI=1S/C22H27O2.C5H5.Fe/c1-20(2,3)18-13-22(14-19(24-18)21(4,5)6)12-16(11-17(22)23)15-9-7-8-10-15;1-2-4-5-3-1;/h7-11,13-14H,12H2,1-6H3;1-5H;/q;;+2. The van der Waals surface area contributed by atoms with Crippen LogP contribution in [-0.4, -0.2) is 5.78 Å². The minimum atomic E-state index is -0.601. The molecule has 1 aliphatic heterocycles.